The van der Waals surface area contributed by atoms with E-state index in [4.69, 9.17) is 0 Å². The van der Waals surface area contributed by atoms with Crippen LogP contribution in [0.3, 0.4) is 0 Å². The van der Waals surface area contributed by atoms with Gasteiger partial charge in [0.25, 0.3) is 0 Å². The van der Waals surface area contributed by atoms with Gasteiger partial charge in [0.2, 0.25) is 0 Å². The van der Waals surface area contributed by atoms with Crippen molar-refractivity contribution in [3.63, 3.8) is 0 Å². The molecule has 2 aromatic carbocycles. The van der Waals surface area contributed by atoms with E-state index in [0.717, 1.165) is 24.3 Å². The summed E-state index contributed by atoms with van der Waals surface area (Å²) in [7, 11) is 0. The Morgan fingerprint density at radius 1 is 0.957 bits per heavy atom. The Morgan fingerprint density at radius 3 is 2.43 bits per heavy atom. The summed E-state index contributed by atoms with van der Waals surface area (Å²) in [5, 5.41) is 0. The van der Waals surface area contributed by atoms with Gasteiger partial charge in [0.05, 0.1) is 0 Å². The second kappa shape index (κ2) is 6.29. The molecule has 1 saturated heterocycles. The molecule has 5 rings (SSSR count). The lowest BCUT2D eigenvalue weighted by Gasteiger charge is -2.42. The van der Waals surface area contributed by atoms with Crippen LogP contribution in [0.1, 0.15) is 39.9 Å². The quantitative estimate of drug-likeness (QED) is 0.802. The van der Waals surface area contributed by atoms with Gasteiger partial charge in [-0.05, 0) is 48.3 Å². The molecule has 23 heavy (non-hydrogen) atoms. The van der Waals surface area contributed by atoms with E-state index in [1.165, 1.54) is 37.8 Å². The molecule has 2 unspecified atom stereocenters. The van der Waals surface area contributed by atoms with Crippen LogP contribution in [0.2, 0.25) is 0 Å². The van der Waals surface area contributed by atoms with Crippen molar-refractivity contribution < 1.29 is 4.79 Å². The molecular formula is C21H23NO. The highest BCUT2D eigenvalue weighted by Gasteiger charge is 2.31. The van der Waals surface area contributed by atoms with Crippen LogP contribution in [-0.4, -0.2) is 23.8 Å². The molecule has 0 aromatic heterocycles. The molecule has 0 amide bonds. The maximum Gasteiger partial charge on any atom is 0.150 e. The van der Waals surface area contributed by atoms with Gasteiger partial charge in [0.1, 0.15) is 6.29 Å². The summed E-state index contributed by atoms with van der Waals surface area (Å²) >= 11 is 0. The van der Waals surface area contributed by atoms with Crippen molar-refractivity contribution in [2.45, 2.75) is 38.3 Å². The van der Waals surface area contributed by atoms with Crippen molar-refractivity contribution in [2.75, 3.05) is 6.54 Å². The Bertz CT molecular complexity index is 691. The van der Waals surface area contributed by atoms with Gasteiger partial charge in [0.15, 0.2) is 0 Å². The van der Waals surface area contributed by atoms with Crippen LogP contribution in [0.4, 0.5) is 0 Å². The fourth-order valence-electron chi connectivity index (χ4n) is 4.23. The number of nitrogens with zero attached hydrogens (tertiary/aromatic N) is 1. The summed E-state index contributed by atoms with van der Waals surface area (Å²) in [5.41, 5.74) is 5.19. The molecule has 118 valence electrons. The molecule has 2 nitrogen and oxygen atoms in total. The molecule has 2 atom stereocenters. The topological polar surface area (TPSA) is 20.3 Å². The highest BCUT2D eigenvalue weighted by Crippen LogP contribution is 2.33. The molecular weight excluding hydrogens is 282 g/mol. The Kier molecular flexibility index (Phi) is 4.00. The van der Waals surface area contributed by atoms with E-state index >= 15 is 0 Å². The Labute approximate surface area is 138 Å². The third-order valence-corrected chi connectivity index (χ3v) is 5.50. The Balaban J connectivity index is 1.55. The fourth-order valence-corrected chi connectivity index (χ4v) is 4.23. The van der Waals surface area contributed by atoms with E-state index < -0.39 is 0 Å². The van der Waals surface area contributed by atoms with Gasteiger partial charge in [-0.25, -0.2) is 0 Å². The summed E-state index contributed by atoms with van der Waals surface area (Å²) < 4.78 is 0. The second-order valence-electron chi connectivity index (χ2n) is 7.06. The smallest absolute Gasteiger partial charge is 0.150 e. The predicted octanol–water partition coefficient (Wildman–Crippen LogP) is 3.88. The van der Waals surface area contributed by atoms with Gasteiger partial charge in [-0.3, -0.25) is 9.69 Å². The number of rotatable bonds is 3. The number of piperidine rings is 1. The molecule has 0 N–H and O–H groups in total. The van der Waals surface area contributed by atoms with E-state index in [-0.39, 0.29) is 0 Å². The number of hydrogen-bond acceptors (Lipinski definition) is 2. The van der Waals surface area contributed by atoms with E-state index in [1.807, 2.05) is 12.1 Å². The van der Waals surface area contributed by atoms with Gasteiger partial charge in [-0.1, -0.05) is 48.5 Å². The first-order valence-corrected chi connectivity index (χ1v) is 8.67. The first kappa shape index (κ1) is 14.6. The summed E-state index contributed by atoms with van der Waals surface area (Å²) in [6.45, 7) is 2.21. The van der Waals surface area contributed by atoms with Crippen molar-refractivity contribution in [3.05, 3.63) is 70.8 Å². The van der Waals surface area contributed by atoms with E-state index in [9.17, 15) is 4.79 Å². The zero-order valence-electron chi connectivity index (χ0n) is 13.4. The zero-order valence-corrected chi connectivity index (χ0v) is 13.4. The summed E-state index contributed by atoms with van der Waals surface area (Å²) in [6.07, 6.45) is 5.99. The van der Waals surface area contributed by atoms with Crippen LogP contribution < -0.4 is 0 Å². The predicted molar refractivity (Wildman–Crippen MR) is 92.6 cm³/mol. The third-order valence-electron chi connectivity index (χ3n) is 5.50. The summed E-state index contributed by atoms with van der Waals surface area (Å²) in [5.74, 6) is 0.780. The maximum absolute atomic E-state index is 10.8. The number of fused-ring (bicyclic) bond motifs is 2. The lowest BCUT2D eigenvalue weighted by molar-refractivity contribution is 0.0938. The number of carbonyl (C=O) groups excluding carboxylic acids is 1. The largest absolute Gasteiger partial charge is 0.298 e. The monoisotopic (exact) mass is 305 g/mol. The molecule has 0 saturated carbocycles. The average molecular weight is 305 g/mol. The number of carbonyl (C=O) groups is 1. The average Bonchev–Trinajstić information content (AvgIpc) is 2.56. The molecule has 2 heterocycles. The standard InChI is InChI=1S/C21H23NO/c23-15-17-7-5-16(6-8-17)13-22-14-18-9-10-21(22)12-20-4-2-1-3-19(20)11-18/h1-8,15,18,21H,9-14H2. The van der Waals surface area contributed by atoms with Crippen LogP contribution in [0, 0.1) is 5.92 Å². The van der Waals surface area contributed by atoms with E-state index in [2.05, 4.69) is 41.3 Å². The fraction of sp³-hybridized carbons (Fsp3) is 0.381. The minimum atomic E-state index is 0.651. The van der Waals surface area contributed by atoms with E-state index in [0.29, 0.717) is 6.04 Å². The Morgan fingerprint density at radius 2 is 1.70 bits per heavy atom. The lowest BCUT2D eigenvalue weighted by atomic mass is 9.80. The van der Waals surface area contributed by atoms with E-state index in [1.54, 1.807) is 11.1 Å². The van der Waals surface area contributed by atoms with Crippen molar-refractivity contribution in [1.82, 2.24) is 4.90 Å². The number of aldehydes is 1. The number of benzene rings is 2. The van der Waals surface area contributed by atoms with Crippen LogP contribution in [0.15, 0.2) is 48.5 Å². The van der Waals surface area contributed by atoms with Crippen LogP contribution in [-0.2, 0) is 19.4 Å². The minimum absolute atomic E-state index is 0.651. The van der Waals surface area contributed by atoms with Gasteiger partial charge in [0, 0.05) is 24.7 Å². The first-order chi connectivity index (χ1) is 11.3. The third kappa shape index (κ3) is 3.09. The van der Waals surface area contributed by atoms with Crippen molar-refractivity contribution in [3.8, 4) is 0 Å². The molecule has 2 aliphatic heterocycles. The molecule has 3 aliphatic rings. The van der Waals surface area contributed by atoms with Gasteiger partial charge >= 0.3 is 0 Å². The highest BCUT2D eigenvalue weighted by molar-refractivity contribution is 5.74. The molecule has 2 aromatic rings. The molecule has 1 fully saturated rings. The minimum Gasteiger partial charge on any atom is -0.298 e. The first-order valence-electron chi connectivity index (χ1n) is 8.67. The van der Waals surface area contributed by atoms with Crippen molar-refractivity contribution in [1.29, 1.82) is 0 Å². The summed E-state index contributed by atoms with van der Waals surface area (Å²) in [6, 6.07) is 17.7. The maximum atomic E-state index is 10.8. The Hall–Kier alpha value is -1.93. The van der Waals surface area contributed by atoms with Crippen LogP contribution in [0.5, 0.6) is 0 Å². The van der Waals surface area contributed by atoms with Crippen LogP contribution in [0.25, 0.3) is 0 Å². The van der Waals surface area contributed by atoms with Crippen molar-refractivity contribution >= 4 is 6.29 Å². The molecule has 2 bridgehead atoms. The molecule has 0 spiro atoms. The van der Waals surface area contributed by atoms with Gasteiger partial charge in [-0.2, -0.15) is 0 Å². The van der Waals surface area contributed by atoms with Crippen molar-refractivity contribution in [2.24, 2.45) is 5.92 Å². The SMILES string of the molecule is O=Cc1ccc(CN2CC3CCC2Cc2ccccc2C3)cc1. The van der Waals surface area contributed by atoms with Crippen LogP contribution >= 0.6 is 0 Å². The summed E-state index contributed by atoms with van der Waals surface area (Å²) in [4.78, 5) is 13.5. The number of hydrogen-bond donors (Lipinski definition) is 0. The lowest BCUT2D eigenvalue weighted by Crippen LogP contribution is -2.46. The normalized spacial score (nSPS) is 23.8. The second-order valence-corrected chi connectivity index (χ2v) is 7.06. The molecule has 0 radical (unpaired) electrons. The van der Waals surface area contributed by atoms with Gasteiger partial charge < -0.3 is 0 Å². The zero-order chi connectivity index (χ0) is 15.6. The molecule has 1 aliphatic carbocycles. The van der Waals surface area contributed by atoms with Gasteiger partial charge in [-0.15, -0.1) is 0 Å². The highest BCUT2D eigenvalue weighted by atomic mass is 16.1. The molecule has 2 heteroatoms.